The number of nitrogens with one attached hydrogen (secondary N) is 1. The van der Waals surface area contributed by atoms with Gasteiger partial charge in [-0.1, -0.05) is 47.0 Å². The maximum absolute atomic E-state index is 12.5. The molecule has 3 rings (SSSR count). The number of carbonyl (C=O) groups is 1. The largest absolute Gasteiger partial charge is 0.355 e. The van der Waals surface area contributed by atoms with Gasteiger partial charge in [0.05, 0.1) is 5.92 Å². The molecular formula is C17H22BrNOS. The van der Waals surface area contributed by atoms with Crippen molar-refractivity contribution >= 4 is 33.6 Å². The van der Waals surface area contributed by atoms with Crippen LogP contribution in [0, 0.1) is 11.8 Å². The minimum atomic E-state index is 0.0391. The van der Waals surface area contributed by atoms with Crippen LogP contribution in [0.15, 0.2) is 29.2 Å². The third-order valence-corrected chi connectivity index (χ3v) is 6.83. The van der Waals surface area contributed by atoms with Gasteiger partial charge < -0.3 is 5.32 Å². The van der Waals surface area contributed by atoms with E-state index in [9.17, 15) is 4.79 Å². The fourth-order valence-electron chi connectivity index (χ4n) is 3.49. The Kier molecular flexibility index (Phi) is 5.28. The van der Waals surface area contributed by atoms with Crippen LogP contribution >= 0.6 is 27.7 Å². The second kappa shape index (κ2) is 7.19. The van der Waals surface area contributed by atoms with E-state index >= 15 is 0 Å². The normalized spacial score (nSPS) is 28.1. The summed E-state index contributed by atoms with van der Waals surface area (Å²) in [6, 6.07) is 8.30. The lowest BCUT2D eigenvalue weighted by atomic mass is 9.80. The van der Waals surface area contributed by atoms with Crippen LogP contribution in [0.3, 0.4) is 0 Å². The molecule has 21 heavy (non-hydrogen) atoms. The zero-order valence-corrected chi connectivity index (χ0v) is 14.6. The number of benzene rings is 1. The Morgan fingerprint density at radius 1 is 1.24 bits per heavy atom. The van der Waals surface area contributed by atoms with Crippen LogP contribution in [0.5, 0.6) is 0 Å². The molecule has 1 aromatic rings. The summed E-state index contributed by atoms with van der Waals surface area (Å²) in [5.74, 6) is 2.51. The zero-order valence-electron chi connectivity index (χ0n) is 12.2. The maximum Gasteiger partial charge on any atom is 0.228 e. The molecule has 2 aliphatic rings. The first-order chi connectivity index (χ1) is 10.3. The molecule has 1 heterocycles. The Bertz CT molecular complexity index is 507. The van der Waals surface area contributed by atoms with Gasteiger partial charge in [0.25, 0.3) is 0 Å². The van der Waals surface area contributed by atoms with E-state index in [0.717, 1.165) is 23.5 Å². The van der Waals surface area contributed by atoms with Crippen molar-refractivity contribution in [1.82, 2.24) is 5.32 Å². The molecule has 1 aliphatic carbocycles. The molecule has 3 unspecified atom stereocenters. The molecule has 1 amide bonds. The molecule has 1 aliphatic heterocycles. The highest BCUT2D eigenvalue weighted by atomic mass is 79.9. The lowest BCUT2D eigenvalue weighted by Gasteiger charge is -2.30. The van der Waals surface area contributed by atoms with Crippen molar-refractivity contribution in [2.24, 2.45) is 11.8 Å². The standard InChI is InChI=1S/C17H22BrNOS/c18-9-12-5-1-2-6-13(12)10-19-17(20)15-11-21-16-8-4-3-7-14(15)16/h3-4,7-8,12-13,15H,1-2,5-6,9-11H2,(H,19,20). The number of carbonyl (C=O) groups excluding carboxylic acids is 1. The molecule has 1 fully saturated rings. The Labute approximate surface area is 139 Å². The van der Waals surface area contributed by atoms with Crippen molar-refractivity contribution in [3.63, 3.8) is 0 Å². The van der Waals surface area contributed by atoms with E-state index in [1.807, 2.05) is 6.07 Å². The third kappa shape index (κ3) is 3.48. The van der Waals surface area contributed by atoms with Gasteiger partial charge in [-0.2, -0.15) is 0 Å². The van der Waals surface area contributed by atoms with Gasteiger partial charge in [-0.05, 0) is 36.3 Å². The van der Waals surface area contributed by atoms with E-state index in [-0.39, 0.29) is 11.8 Å². The summed E-state index contributed by atoms with van der Waals surface area (Å²) in [6.07, 6.45) is 5.21. The van der Waals surface area contributed by atoms with Crippen LogP contribution in [0.4, 0.5) is 0 Å². The predicted octanol–water partition coefficient (Wildman–Crippen LogP) is 4.19. The van der Waals surface area contributed by atoms with Crippen molar-refractivity contribution in [3.8, 4) is 0 Å². The van der Waals surface area contributed by atoms with Gasteiger partial charge in [0.15, 0.2) is 0 Å². The second-order valence-electron chi connectivity index (χ2n) is 6.11. The first-order valence-corrected chi connectivity index (χ1v) is 9.95. The number of fused-ring (bicyclic) bond motifs is 1. The highest BCUT2D eigenvalue weighted by Crippen LogP contribution is 2.39. The van der Waals surface area contributed by atoms with Gasteiger partial charge in [0, 0.05) is 22.5 Å². The number of thioether (sulfide) groups is 1. The average Bonchev–Trinajstić information content (AvgIpc) is 2.97. The SMILES string of the molecule is O=C(NCC1CCCCC1CBr)C1CSc2ccccc21. The van der Waals surface area contributed by atoms with Crippen LogP contribution in [0.2, 0.25) is 0 Å². The molecule has 4 heteroatoms. The van der Waals surface area contributed by atoms with E-state index in [1.165, 1.54) is 36.1 Å². The Morgan fingerprint density at radius 2 is 2.00 bits per heavy atom. The Balaban J connectivity index is 1.57. The summed E-state index contributed by atoms with van der Waals surface area (Å²) in [5.41, 5.74) is 1.21. The summed E-state index contributed by atoms with van der Waals surface area (Å²) in [4.78, 5) is 13.8. The molecule has 0 spiro atoms. The van der Waals surface area contributed by atoms with Crippen molar-refractivity contribution in [2.75, 3.05) is 17.6 Å². The van der Waals surface area contributed by atoms with Crippen molar-refractivity contribution in [1.29, 1.82) is 0 Å². The molecule has 114 valence electrons. The molecule has 0 radical (unpaired) electrons. The first kappa shape index (κ1) is 15.4. The highest BCUT2D eigenvalue weighted by molar-refractivity contribution is 9.09. The number of hydrogen-bond acceptors (Lipinski definition) is 2. The van der Waals surface area contributed by atoms with Gasteiger partial charge in [-0.25, -0.2) is 0 Å². The molecule has 1 saturated carbocycles. The van der Waals surface area contributed by atoms with Gasteiger partial charge in [-0.3, -0.25) is 4.79 Å². The van der Waals surface area contributed by atoms with Crippen molar-refractivity contribution < 1.29 is 4.79 Å². The molecule has 0 saturated heterocycles. The smallest absolute Gasteiger partial charge is 0.228 e. The molecule has 1 aromatic carbocycles. The van der Waals surface area contributed by atoms with Crippen molar-refractivity contribution in [2.45, 2.75) is 36.5 Å². The topological polar surface area (TPSA) is 29.1 Å². The number of amides is 1. The lowest BCUT2D eigenvalue weighted by molar-refractivity contribution is -0.122. The molecule has 1 N–H and O–H groups in total. The summed E-state index contributed by atoms with van der Waals surface area (Å²) in [5, 5.41) is 4.29. The number of alkyl halides is 1. The fraction of sp³-hybridized carbons (Fsp3) is 0.588. The molecule has 2 nitrogen and oxygen atoms in total. The molecular weight excluding hydrogens is 346 g/mol. The van der Waals surface area contributed by atoms with E-state index in [0.29, 0.717) is 5.92 Å². The fourth-order valence-corrected chi connectivity index (χ4v) is 5.57. The van der Waals surface area contributed by atoms with E-state index < -0.39 is 0 Å². The minimum Gasteiger partial charge on any atom is -0.355 e. The number of rotatable bonds is 4. The van der Waals surface area contributed by atoms with Crippen LogP contribution in [0.25, 0.3) is 0 Å². The van der Waals surface area contributed by atoms with Gasteiger partial charge in [0.2, 0.25) is 5.91 Å². The minimum absolute atomic E-state index is 0.0391. The van der Waals surface area contributed by atoms with Crippen LogP contribution < -0.4 is 5.32 Å². The van der Waals surface area contributed by atoms with Crippen LogP contribution in [0.1, 0.15) is 37.2 Å². The van der Waals surface area contributed by atoms with E-state index in [2.05, 4.69) is 39.4 Å². The van der Waals surface area contributed by atoms with Crippen LogP contribution in [-0.4, -0.2) is 23.5 Å². The number of hydrogen-bond donors (Lipinski definition) is 1. The summed E-state index contributed by atoms with van der Waals surface area (Å²) in [6.45, 7) is 0.846. The monoisotopic (exact) mass is 367 g/mol. The Hall–Kier alpha value is -0.480. The zero-order chi connectivity index (χ0) is 14.7. The summed E-state index contributed by atoms with van der Waals surface area (Å²) >= 11 is 5.43. The maximum atomic E-state index is 12.5. The van der Waals surface area contributed by atoms with Gasteiger partial charge >= 0.3 is 0 Å². The Morgan fingerprint density at radius 3 is 2.81 bits per heavy atom. The molecule has 0 bridgehead atoms. The average molecular weight is 368 g/mol. The second-order valence-corrected chi connectivity index (χ2v) is 7.81. The van der Waals surface area contributed by atoms with E-state index in [1.54, 1.807) is 11.8 Å². The number of halogens is 1. The highest BCUT2D eigenvalue weighted by Gasteiger charge is 2.30. The lowest BCUT2D eigenvalue weighted by Crippen LogP contribution is -2.37. The first-order valence-electron chi connectivity index (χ1n) is 7.85. The quantitative estimate of drug-likeness (QED) is 0.808. The van der Waals surface area contributed by atoms with Gasteiger partial charge in [-0.15, -0.1) is 11.8 Å². The molecule has 3 atom stereocenters. The van der Waals surface area contributed by atoms with Gasteiger partial charge in [0.1, 0.15) is 0 Å². The third-order valence-electron chi connectivity index (χ3n) is 4.82. The molecule has 0 aromatic heterocycles. The van der Waals surface area contributed by atoms with Crippen molar-refractivity contribution in [3.05, 3.63) is 29.8 Å². The summed E-state index contributed by atoms with van der Waals surface area (Å²) in [7, 11) is 0. The summed E-state index contributed by atoms with van der Waals surface area (Å²) < 4.78 is 0. The van der Waals surface area contributed by atoms with Crippen LogP contribution in [-0.2, 0) is 4.79 Å². The predicted molar refractivity (Wildman–Crippen MR) is 92.2 cm³/mol. The van der Waals surface area contributed by atoms with E-state index in [4.69, 9.17) is 0 Å².